The number of rotatable bonds is 22. The Morgan fingerprint density at radius 1 is 0.414 bits per heavy atom. The molecule has 0 radical (unpaired) electrons. The summed E-state index contributed by atoms with van der Waals surface area (Å²) in [6, 6.07) is 0. The Morgan fingerprint density at radius 3 is 0.845 bits per heavy atom. The van der Waals surface area contributed by atoms with E-state index in [2.05, 4.69) is 26.3 Å². The molecule has 4 rings (SSSR count). The summed E-state index contributed by atoms with van der Waals surface area (Å²) < 4.78 is 20.6. The van der Waals surface area contributed by atoms with Crippen LogP contribution in [-0.4, -0.2) is 50.3 Å². The molecule has 4 saturated carbocycles. The van der Waals surface area contributed by atoms with Gasteiger partial charge in [0, 0.05) is 23.3 Å². The van der Waals surface area contributed by atoms with Gasteiger partial charge in [0.2, 0.25) is 0 Å². The minimum atomic E-state index is -0.308. The monoisotopic (exact) mass is 809 g/mol. The molecule has 0 heterocycles. The molecule has 4 aliphatic rings. The summed E-state index contributed by atoms with van der Waals surface area (Å²) in [4.78, 5) is 44.9. The highest BCUT2D eigenvalue weighted by Gasteiger charge is 2.32. The highest BCUT2D eigenvalue weighted by Crippen LogP contribution is 2.44. The van der Waals surface area contributed by atoms with Gasteiger partial charge in [0.15, 0.2) is 0 Å². The Kier molecular flexibility index (Phi) is 24.0. The lowest BCUT2D eigenvalue weighted by atomic mass is 9.68. The Bertz CT molecular complexity index is 1170. The highest BCUT2D eigenvalue weighted by atomic mass is 16.5. The predicted octanol–water partition coefficient (Wildman–Crippen LogP) is 12.0. The Balaban J connectivity index is 0.000000311. The predicted molar refractivity (Wildman–Crippen MR) is 233 cm³/mol. The van der Waals surface area contributed by atoms with Crippen LogP contribution >= 0.6 is 0 Å². The van der Waals surface area contributed by atoms with Gasteiger partial charge < -0.3 is 18.9 Å². The van der Waals surface area contributed by atoms with E-state index in [0.717, 1.165) is 73.0 Å². The molecule has 8 nitrogen and oxygen atoms in total. The van der Waals surface area contributed by atoms with Crippen LogP contribution in [0.25, 0.3) is 0 Å². The number of esters is 4. The van der Waals surface area contributed by atoms with Crippen LogP contribution in [0.15, 0.2) is 49.6 Å². The van der Waals surface area contributed by atoms with Crippen molar-refractivity contribution in [1.29, 1.82) is 0 Å². The van der Waals surface area contributed by atoms with E-state index in [1.54, 1.807) is 13.8 Å². The molecular formula is C50H80O8. The SMILES string of the molecule is C=C(C)C(=O)OCCCC1CCC(C2CCC(CCCOC(=O)C(=C)C)CC2)CC1.C=CC(=O)OCCCC1CCC(C2CCC(CCCOC(=O)C=C)CC2)CC1. The van der Waals surface area contributed by atoms with E-state index in [1.165, 1.54) is 141 Å². The van der Waals surface area contributed by atoms with Crippen molar-refractivity contribution in [2.75, 3.05) is 26.4 Å². The van der Waals surface area contributed by atoms with E-state index in [4.69, 9.17) is 18.9 Å². The van der Waals surface area contributed by atoms with Crippen LogP contribution in [-0.2, 0) is 38.1 Å². The molecule has 0 aromatic heterocycles. The summed E-state index contributed by atoms with van der Waals surface area (Å²) in [6.45, 7) is 19.6. The van der Waals surface area contributed by atoms with Gasteiger partial charge in [-0.3, -0.25) is 0 Å². The molecule has 0 saturated heterocycles. The number of hydrogen-bond acceptors (Lipinski definition) is 8. The van der Waals surface area contributed by atoms with Gasteiger partial charge in [-0.1, -0.05) is 77.7 Å². The van der Waals surface area contributed by atoms with Crippen LogP contribution in [0.5, 0.6) is 0 Å². The van der Waals surface area contributed by atoms with Gasteiger partial charge in [0.05, 0.1) is 26.4 Å². The van der Waals surface area contributed by atoms with Gasteiger partial charge in [0.1, 0.15) is 0 Å². The number of ether oxygens (including phenoxy) is 4. The van der Waals surface area contributed by atoms with Crippen LogP contribution < -0.4 is 0 Å². The summed E-state index contributed by atoms with van der Waals surface area (Å²) in [6.07, 6.45) is 32.8. The molecule has 0 unspecified atom stereocenters. The lowest BCUT2D eigenvalue weighted by molar-refractivity contribution is -0.140. The Morgan fingerprint density at radius 2 is 0.638 bits per heavy atom. The molecule has 8 heteroatoms. The largest absolute Gasteiger partial charge is 0.463 e. The van der Waals surface area contributed by atoms with Gasteiger partial charge in [0.25, 0.3) is 0 Å². The first-order chi connectivity index (χ1) is 28.0. The third-order valence-electron chi connectivity index (χ3n) is 13.9. The van der Waals surface area contributed by atoms with Crippen LogP contribution in [0.2, 0.25) is 0 Å². The fraction of sp³-hybridized carbons (Fsp3) is 0.760. The van der Waals surface area contributed by atoms with Crippen LogP contribution in [0, 0.1) is 47.3 Å². The highest BCUT2D eigenvalue weighted by molar-refractivity contribution is 5.87. The zero-order valence-electron chi connectivity index (χ0n) is 36.7. The molecule has 0 amide bonds. The molecule has 328 valence electrons. The van der Waals surface area contributed by atoms with Crippen molar-refractivity contribution in [3.8, 4) is 0 Å². The molecular weight excluding hydrogens is 729 g/mol. The summed E-state index contributed by atoms with van der Waals surface area (Å²) in [5.74, 6) is 5.78. The number of carbonyl (C=O) groups excluding carboxylic acids is 4. The van der Waals surface area contributed by atoms with Crippen molar-refractivity contribution in [1.82, 2.24) is 0 Å². The fourth-order valence-electron chi connectivity index (χ4n) is 10.3. The van der Waals surface area contributed by atoms with Gasteiger partial charge in [-0.15, -0.1) is 0 Å². The zero-order chi connectivity index (χ0) is 42.1. The molecule has 0 bridgehead atoms. The minimum absolute atomic E-state index is 0.262. The van der Waals surface area contributed by atoms with Gasteiger partial charge in [-0.05, 0) is 164 Å². The lowest BCUT2D eigenvalue weighted by Gasteiger charge is -2.38. The second-order valence-electron chi connectivity index (χ2n) is 18.3. The topological polar surface area (TPSA) is 105 Å². The first kappa shape index (κ1) is 49.2. The third kappa shape index (κ3) is 19.7. The standard InChI is InChI=1S/C26H42O4.C24H38O4/c1-19(2)25(27)29-17-5-7-21-9-13-23(14-10-21)24-15-11-22(12-16-24)8-6-18-30-26(28)20(3)4;1-3-23(25)27-17-5-7-19-9-13-21(14-10-19)22-15-11-20(12-16-22)8-6-18-28-24(26)4-2/h21-24H,1,3,5-18H2,2,4H3;3-4,19-22H,1-2,5-18H2. The zero-order valence-corrected chi connectivity index (χ0v) is 36.7. The Hall–Kier alpha value is -3.16. The van der Waals surface area contributed by atoms with Crippen molar-refractivity contribution < 1.29 is 38.1 Å². The first-order valence-corrected chi connectivity index (χ1v) is 23.2. The minimum Gasteiger partial charge on any atom is -0.463 e. The van der Waals surface area contributed by atoms with Gasteiger partial charge >= 0.3 is 23.9 Å². The van der Waals surface area contributed by atoms with Crippen LogP contribution in [0.1, 0.15) is 168 Å². The van der Waals surface area contributed by atoms with Crippen molar-refractivity contribution in [2.24, 2.45) is 47.3 Å². The Labute approximate surface area is 352 Å². The second kappa shape index (κ2) is 28.3. The van der Waals surface area contributed by atoms with E-state index in [-0.39, 0.29) is 23.9 Å². The molecule has 58 heavy (non-hydrogen) atoms. The number of carbonyl (C=O) groups is 4. The maximum absolute atomic E-state index is 11.4. The van der Waals surface area contributed by atoms with Crippen molar-refractivity contribution >= 4 is 23.9 Å². The number of hydrogen-bond donors (Lipinski definition) is 0. The lowest BCUT2D eigenvalue weighted by Crippen LogP contribution is -2.26. The van der Waals surface area contributed by atoms with E-state index in [1.807, 2.05) is 0 Å². The van der Waals surface area contributed by atoms with Gasteiger partial charge in [-0.25, -0.2) is 19.2 Å². The van der Waals surface area contributed by atoms with Crippen molar-refractivity contribution in [2.45, 2.75) is 168 Å². The van der Waals surface area contributed by atoms with Crippen LogP contribution in [0.4, 0.5) is 0 Å². The first-order valence-electron chi connectivity index (χ1n) is 23.2. The molecule has 0 atom stereocenters. The molecule has 0 aliphatic heterocycles. The summed E-state index contributed by atoms with van der Waals surface area (Å²) in [5, 5.41) is 0. The normalized spacial score (nSPS) is 27.1. The maximum atomic E-state index is 11.4. The van der Waals surface area contributed by atoms with Crippen LogP contribution in [0.3, 0.4) is 0 Å². The molecule has 0 aromatic carbocycles. The van der Waals surface area contributed by atoms with E-state index >= 15 is 0 Å². The summed E-state index contributed by atoms with van der Waals surface area (Å²) in [7, 11) is 0. The second-order valence-corrected chi connectivity index (χ2v) is 18.3. The quantitative estimate of drug-likeness (QED) is 0.0461. The molecule has 0 N–H and O–H groups in total. The van der Waals surface area contributed by atoms with E-state index in [9.17, 15) is 19.2 Å². The molecule has 4 fully saturated rings. The molecule has 4 aliphatic carbocycles. The fourth-order valence-corrected chi connectivity index (χ4v) is 10.3. The van der Waals surface area contributed by atoms with Gasteiger partial charge in [-0.2, -0.15) is 0 Å². The van der Waals surface area contributed by atoms with E-state index in [0.29, 0.717) is 37.6 Å². The average Bonchev–Trinajstić information content (AvgIpc) is 3.24. The maximum Gasteiger partial charge on any atom is 0.333 e. The molecule has 0 aromatic rings. The molecule has 0 spiro atoms. The third-order valence-corrected chi connectivity index (χ3v) is 13.9. The smallest absolute Gasteiger partial charge is 0.333 e. The summed E-state index contributed by atoms with van der Waals surface area (Å²) in [5.41, 5.74) is 0.966. The van der Waals surface area contributed by atoms with Crippen molar-refractivity contribution in [3.05, 3.63) is 49.6 Å². The average molecular weight is 809 g/mol. The van der Waals surface area contributed by atoms with E-state index < -0.39 is 0 Å². The summed E-state index contributed by atoms with van der Waals surface area (Å²) >= 11 is 0. The van der Waals surface area contributed by atoms with Crippen molar-refractivity contribution in [3.63, 3.8) is 0 Å².